The third-order valence-corrected chi connectivity index (χ3v) is 3.77. The molecule has 0 radical (unpaired) electrons. The molecular formula is C13H21N3O2S. The molecule has 2 rings (SSSR count). The van der Waals surface area contributed by atoms with Crippen molar-refractivity contribution in [3.05, 3.63) is 24.3 Å². The van der Waals surface area contributed by atoms with Gasteiger partial charge in [0.05, 0.1) is 11.9 Å². The molecule has 1 atom stereocenters. The van der Waals surface area contributed by atoms with Crippen LogP contribution in [-0.2, 0) is 10.0 Å². The number of likely N-dealkylation sites (tertiary alicyclic amines) is 1. The molecule has 0 aliphatic carbocycles. The van der Waals surface area contributed by atoms with Crippen molar-refractivity contribution in [2.45, 2.75) is 18.9 Å². The second-order valence-corrected chi connectivity index (χ2v) is 6.95. The molecule has 0 bridgehead atoms. The number of likely N-dealkylation sites (N-methyl/N-ethyl adjacent to an activating group) is 1. The molecule has 1 saturated heterocycles. The second kappa shape index (κ2) is 5.79. The normalized spacial score (nSPS) is 21.1. The molecular weight excluding hydrogens is 262 g/mol. The van der Waals surface area contributed by atoms with Gasteiger partial charge in [0.1, 0.15) is 0 Å². The molecule has 2 N–H and O–H groups in total. The van der Waals surface area contributed by atoms with Gasteiger partial charge in [-0.2, -0.15) is 0 Å². The zero-order valence-corrected chi connectivity index (χ0v) is 12.2. The fraction of sp³-hybridized carbons (Fsp3) is 0.538. The standard InChI is InChI=1S/C13H21N3O2S/c1-16-8-4-7-13(10-16)14-11-5-3-6-12(9-11)15-19(2,17)18/h3,5-6,9,13-15H,4,7-8,10H2,1-2H3. The van der Waals surface area contributed by atoms with Crippen molar-refractivity contribution in [1.82, 2.24) is 4.90 Å². The maximum absolute atomic E-state index is 11.2. The zero-order chi connectivity index (χ0) is 13.9. The number of piperidine rings is 1. The number of hydrogen-bond acceptors (Lipinski definition) is 4. The Morgan fingerprint density at radius 1 is 1.32 bits per heavy atom. The number of rotatable bonds is 4. The summed E-state index contributed by atoms with van der Waals surface area (Å²) in [6.07, 6.45) is 3.49. The third-order valence-electron chi connectivity index (χ3n) is 3.16. The first-order chi connectivity index (χ1) is 8.92. The Morgan fingerprint density at radius 3 is 2.74 bits per heavy atom. The first-order valence-corrected chi connectivity index (χ1v) is 8.34. The van der Waals surface area contributed by atoms with Crippen LogP contribution in [0.3, 0.4) is 0 Å². The first kappa shape index (κ1) is 14.1. The zero-order valence-electron chi connectivity index (χ0n) is 11.4. The minimum Gasteiger partial charge on any atom is -0.381 e. The van der Waals surface area contributed by atoms with Gasteiger partial charge in [-0.05, 0) is 44.6 Å². The molecule has 1 fully saturated rings. The highest BCUT2D eigenvalue weighted by molar-refractivity contribution is 7.92. The maximum Gasteiger partial charge on any atom is 0.229 e. The van der Waals surface area contributed by atoms with E-state index in [1.165, 1.54) is 6.42 Å². The Bertz CT molecular complexity index is 530. The summed E-state index contributed by atoms with van der Waals surface area (Å²) < 4.78 is 24.9. The van der Waals surface area contributed by atoms with Gasteiger partial charge in [-0.3, -0.25) is 4.72 Å². The van der Waals surface area contributed by atoms with Gasteiger partial charge in [0.2, 0.25) is 10.0 Å². The van der Waals surface area contributed by atoms with E-state index in [1.54, 1.807) is 6.07 Å². The molecule has 1 aliphatic heterocycles. The van der Waals surface area contributed by atoms with E-state index in [0.717, 1.165) is 31.5 Å². The average Bonchev–Trinajstić information content (AvgIpc) is 2.27. The summed E-state index contributed by atoms with van der Waals surface area (Å²) in [4.78, 5) is 2.31. The molecule has 0 aromatic heterocycles. The van der Waals surface area contributed by atoms with Crippen molar-refractivity contribution < 1.29 is 8.42 Å². The van der Waals surface area contributed by atoms with E-state index in [4.69, 9.17) is 0 Å². The van der Waals surface area contributed by atoms with Crippen molar-refractivity contribution in [1.29, 1.82) is 0 Å². The molecule has 1 heterocycles. The molecule has 0 spiro atoms. The highest BCUT2D eigenvalue weighted by Crippen LogP contribution is 2.19. The van der Waals surface area contributed by atoms with E-state index >= 15 is 0 Å². The molecule has 1 aromatic rings. The Balaban J connectivity index is 2.02. The van der Waals surface area contributed by atoms with Gasteiger partial charge < -0.3 is 10.2 Å². The van der Waals surface area contributed by atoms with Crippen LogP contribution in [0.5, 0.6) is 0 Å². The van der Waals surface area contributed by atoms with Gasteiger partial charge >= 0.3 is 0 Å². The topological polar surface area (TPSA) is 61.4 Å². The van der Waals surface area contributed by atoms with Crippen molar-refractivity contribution >= 4 is 21.4 Å². The molecule has 1 aliphatic rings. The summed E-state index contributed by atoms with van der Waals surface area (Å²) in [5.41, 5.74) is 1.55. The van der Waals surface area contributed by atoms with Crippen molar-refractivity contribution in [3.8, 4) is 0 Å². The van der Waals surface area contributed by atoms with E-state index in [2.05, 4.69) is 22.0 Å². The Kier molecular flexibility index (Phi) is 4.31. The second-order valence-electron chi connectivity index (χ2n) is 5.20. The predicted octanol–water partition coefficient (Wildman–Crippen LogP) is 1.56. The molecule has 1 unspecified atom stereocenters. The van der Waals surface area contributed by atoms with E-state index in [1.807, 2.05) is 18.2 Å². The van der Waals surface area contributed by atoms with Gasteiger partial charge in [-0.1, -0.05) is 6.07 Å². The Labute approximate surface area is 115 Å². The predicted molar refractivity (Wildman–Crippen MR) is 79.1 cm³/mol. The smallest absolute Gasteiger partial charge is 0.229 e. The van der Waals surface area contributed by atoms with Gasteiger partial charge in [-0.25, -0.2) is 8.42 Å². The fourth-order valence-corrected chi connectivity index (χ4v) is 2.96. The lowest BCUT2D eigenvalue weighted by Gasteiger charge is -2.31. The lowest BCUT2D eigenvalue weighted by Crippen LogP contribution is -2.39. The van der Waals surface area contributed by atoms with E-state index in [0.29, 0.717) is 11.7 Å². The lowest BCUT2D eigenvalue weighted by molar-refractivity contribution is 0.261. The maximum atomic E-state index is 11.2. The van der Waals surface area contributed by atoms with E-state index < -0.39 is 10.0 Å². The SMILES string of the molecule is CN1CCCC(Nc2cccc(NS(C)(=O)=O)c2)C1. The third kappa shape index (κ3) is 4.72. The monoisotopic (exact) mass is 283 g/mol. The Hall–Kier alpha value is -1.27. The molecule has 0 amide bonds. The Morgan fingerprint density at radius 2 is 2.05 bits per heavy atom. The number of nitrogens with zero attached hydrogens (tertiary/aromatic N) is 1. The lowest BCUT2D eigenvalue weighted by atomic mass is 10.1. The molecule has 6 heteroatoms. The minimum atomic E-state index is -3.22. The van der Waals surface area contributed by atoms with Crippen LogP contribution in [0.15, 0.2) is 24.3 Å². The van der Waals surface area contributed by atoms with Gasteiger partial charge in [-0.15, -0.1) is 0 Å². The van der Waals surface area contributed by atoms with Crippen molar-refractivity contribution in [2.75, 3.05) is 36.4 Å². The molecule has 19 heavy (non-hydrogen) atoms. The number of anilines is 2. The van der Waals surface area contributed by atoms with Gasteiger partial charge in [0, 0.05) is 18.3 Å². The fourth-order valence-electron chi connectivity index (χ4n) is 2.41. The minimum absolute atomic E-state index is 0.423. The van der Waals surface area contributed by atoms with Crippen LogP contribution in [-0.4, -0.2) is 45.8 Å². The molecule has 106 valence electrons. The number of hydrogen-bond donors (Lipinski definition) is 2. The van der Waals surface area contributed by atoms with Crippen LogP contribution >= 0.6 is 0 Å². The molecule has 5 nitrogen and oxygen atoms in total. The largest absolute Gasteiger partial charge is 0.381 e. The van der Waals surface area contributed by atoms with E-state index in [-0.39, 0.29) is 0 Å². The van der Waals surface area contributed by atoms with Crippen molar-refractivity contribution in [2.24, 2.45) is 0 Å². The first-order valence-electron chi connectivity index (χ1n) is 6.45. The van der Waals surface area contributed by atoms with Crippen LogP contribution in [0.4, 0.5) is 11.4 Å². The highest BCUT2D eigenvalue weighted by atomic mass is 32.2. The van der Waals surface area contributed by atoms with E-state index in [9.17, 15) is 8.42 Å². The summed E-state index contributed by atoms with van der Waals surface area (Å²) >= 11 is 0. The molecule has 0 saturated carbocycles. The van der Waals surface area contributed by atoms with Gasteiger partial charge in [0.15, 0.2) is 0 Å². The summed E-state index contributed by atoms with van der Waals surface area (Å²) in [5.74, 6) is 0. The van der Waals surface area contributed by atoms with Crippen LogP contribution in [0.2, 0.25) is 0 Å². The summed E-state index contributed by atoms with van der Waals surface area (Å²) in [5, 5.41) is 3.46. The van der Waals surface area contributed by atoms with Crippen LogP contribution in [0, 0.1) is 0 Å². The van der Waals surface area contributed by atoms with Crippen molar-refractivity contribution in [3.63, 3.8) is 0 Å². The number of sulfonamides is 1. The number of nitrogens with one attached hydrogen (secondary N) is 2. The molecule has 1 aromatic carbocycles. The van der Waals surface area contributed by atoms with Crippen LogP contribution in [0.1, 0.15) is 12.8 Å². The highest BCUT2D eigenvalue weighted by Gasteiger charge is 2.16. The summed E-state index contributed by atoms with van der Waals surface area (Å²) in [7, 11) is -1.10. The van der Waals surface area contributed by atoms with Gasteiger partial charge in [0.25, 0.3) is 0 Å². The van der Waals surface area contributed by atoms with Crippen LogP contribution in [0.25, 0.3) is 0 Å². The number of benzene rings is 1. The summed E-state index contributed by atoms with van der Waals surface area (Å²) in [6.45, 7) is 2.16. The summed E-state index contributed by atoms with van der Waals surface area (Å²) in [6, 6.07) is 7.81. The quantitative estimate of drug-likeness (QED) is 0.880. The average molecular weight is 283 g/mol. The van der Waals surface area contributed by atoms with Crippen LogP contribution < -0.4 is 10.0 Å².